The molecule has 3 rings (SSSR count). The van der Waals surface area contributed by atoms with Crippen LogP contribution in [0.4, 0.5) is 10.8 Å². The smallest absolute Gasteiger partial charge is 0.187 e. The van der Waals surface area contributed by atoms with Crippen LogP contribution in [0.25, 0.3) is 0 Å². The van der Waals surface area contributed by atoms with Crippen LogP contribution in [0.5, 0.6) is 5.75 Å². The van der Waals surface area contributed by atoms with E-state index in [0.717, 1.165) is 22.3 Å². The van der Waals surface area contributed by atoms with Gasteiger partial charge in [0.05, 0.1) is 11.2 Å². The molecule has 0 saturated carbocycles. The molecule has 0 aliphatic heterocycles. The molecule has 0 spiro atoms. The second-order valence-electron chi connectivity index (χ2n) is 6.52. The number of ether oxygens (including phenoxy) is 1. The molecule has 27 heavy (non-hydrogen) atoms. The van der Waals surface area contributed by atoms with E-state index in [9.17, 15) is 5.11 Å². The van der Waals surface area contributed by atoms with Gasteiger partial charge in [-0.25, -0.2) is 4.98 Å². The van der Waals surface area contributed by atoms with Crippen LogP contribution in [-0.2, 0) is 5.54 Å². The lowest BCUT2D eigenvalue weighted by Gasteiger charge is -2.26. The fraction of sp³-hybridized carbons (Fsp3) is 0.238. The van der Waals surface area contributed by atoms with Crippen LogP contribution in [0, 0.1) is 6.92 Å². The number of aliphatic hydroxyl groups is 1. The molecule has 141 valence electrons. The van der Waals surface area contributed by atoms with E-state index < -0.39 is 11.6 Å². The van der Waals surface area contributed by atoms with Crippen LogP contribution < -0.4 is 15.4 Å². The summed E-state index contributed by atoms with van der Waals surface area (Å²) < 4.78 is 5.58. The van der Waals surface area contributed by atoms with Crippen molar-refractivity contribution >= 4 is 22.2 Å². The molecule has 0 amide bonds. The summed E-state index contributed by atoms with van der Waals surface area (Å²) in [5, 5.41) is 19.5. The summed E-state index contributed by atoms with van der Waals surface area (Å²) in [4.78, 5) is 4.62. The van der Waals surface area contributed by atoms with Crippen molar-refractivity contribution in [2.24, 2.45) is 0 Å². The molecule has 2 aromatic carbocycles. The Bertz CT molecular complexity index is 822. The Morgan fingerprint density at radius 2 is 1.81 bits per heavy atom. The van der Waals surface area contributed by atoms with E-state index in [1.54, 1.807) is 0 Å². The number of hydrogen-bond acceptors (Lipinski definition) is 6. The number of aliphatic hydroxyl groups excluding tert-OH is 1. The van der Waals surface area contributed by atoms with E-state index >= 15 is 0 Å². The number of thiazole rings is 1. The largest absolute Gasteiger partial charge is 0.491 e. The molecule has 5 nitrogen and oxygen atoms in total. The molecule has 3 aromatic rings. The number of benzene rings is 2. The maximum absolute atomic E-state index is 10.2. The van der Waals surface area contributed by atoms with Crippen molar-refractivity contribution in [3.05, 3.63) is 78.7 Å². The monoisotopic (exact) mass is 382 g/mol. The minimum Gasteiger partial charge on any atom is -0.491 e. The first-order chi connectivity index (χ1) is 13.0. The van der Waals surface area contributed by atoms with E-state index in [4.69, 9.17) is 4.74 Å². The number of aromatic nitrogens is 1. The molecule has 0 aliphatic rings. The lowest BCUT2D eigenvalue weighted by Crippen LogP contribution is -2.43. The molecule has 1 radical (unpaired) electrons. The Morgan fingerprint density at radius 3 is 2.52 bits per heavy atom. The second kappa shape index (κ2) is 8.99. The predicted molar refractivity (Wildman–Crippen MR) is 110 cm³/mol. The average Bonchev–Trinajstić information content (AvgIpc) is 3.16. The highest BCUT2D eigenvalue weighted by molar-refractivity contribution is 7.13. The SMILES string of the molecule is [CH2][C@@](C)(NC[C@H](O)COc1ccccc1)c1csc(Nc2ccccc2)n1. The molecule has 1 aromatic heterocycles. The summed E-state index contributed by atoms with van der Waals surface area (Å²) in [6, 6.07) is 19.4. The van der Waals surface area contributed by atoms with Gasteiger partial charge in [-0.3, -0.25) is 0 Å². The van der Waals surface area contributed by atoms with Crippen LogP contribution in [0.3, 0.4) is 0 Å². The van der Waals surface area contributed by atoms with E-state index in [0.29, 0.717) is 6.54 Å². The zero-order valence-electron chi connectivity index (χ0n) is 15.3. The Morgan fingerprint density at radius 1 is 1.15 bits per heavy atom. The molecule has 2 atom stereocenters. The fourth-order valence-electron chi connectivity index (χ4n) is 2.43. The van der Waals surface area contributed by atoms with Crippen LogP contribution in [0.2, 0.25) is 0 Å². The molecule has 0 aliphatic carbocycles. The van der Waals surface area contributed by atoms with Crippen molar-refractivity contribution in [2.75, 3.05) is 18.5 Å². The van der Waals surface area contributed by atoms with E-state index in [2.05, 4.69) is 22.5 Å². The van der Waals surface area contributed by atoms with Gasteiger partial charge in [-0.15, -0.1) is 11.3 Å². The van der Waals surface area contributed by atoms with Crippen LogP contribution in [0.1, 0.15) is 12.6 Å². The van der Waals surface area contributed by atoms with Crippen LogP contribution in [-0.4, -0.2) is 29.3 Å². The summed E-state index contributed by atoms with van der Waals surface area (Å²) in [5.74, 6) is 0.741. The zero-order chi connectivity index (χ0) is 19.1. The lowest BCUT2D eigenvalue weighted by molar-refractivity contribution is 0.100. The highest BCUT2D eigenvalue weighted by atomic mass is 32.1. The Kier molecular flexibility index (Phi) is 6.45. The molecular weight excluding hydrogens is 358 g/mol. The highest BCUT2D eigenvalue weighted by Crippen LogP contribution is 2.26. The van der Waals surface area contributed by atoms with Gasteiger partial charge in [-0.05, 0) is 38.1 Å². The fourth-order valence-corrected chi connectivity index (χ4v) is 3.30. The van der Waals surface area contributed by atoms with Crippen molar-refractivity contribution < 1.29 is 9.84 Å². The zero-order valence-corrected chi connectivity index (χ0v) is 16.1. The maximum atomic E-state index is 10.2. The quantitative estimate of drug-likeness (QED) is 0.523. The molecule has 0 unspecified atom stereocenters. The van der Waals surface area contributed by atoms with Crippen molar-refractivity contribution in [2.45, 2.75) is 18.6 Å². The summed E-state index contributed by atoms with van der Waals surface area (Å²) in [5.41, 5.74) is 1.20. The van der Waals surface area contributed by atoms with Crippen molar-refractivity contribution in [3.8, 4) is 5.75 Å². The van der Waals surface area contributed by atoms with Gasteiger partial charge < -0.3 is 20.5 Å². The van der Waals surface area contributed by atoms with Crippen LogP contribution in [0.15, 0.2) is 66.0 Å². The third-order valence-corrected chi connectivity index (χ3v) is 4.77. The first-order valence-corrected chi connectivity index (χ1v) is 9.65. The molecular formula is C21H24N3O2S. The third-order valence-electron chi connectivity index (χ3n) is 4.01. The normalized spacial score (nSPS) is 12.6. The second-order valence-corrected chi connectivity index (χ2v) is 7.38. The number of nitrogens with zero attached hydrogens (tertiary/aromatic N) is 1. The summed E-state index contributed by atoms with van der Waals surface area (Å²) >= 11 is 1.52. The number of anilines is 2. The number of nitrogens with one attached hydrogen (secondary N) is 2. The number of para-hydroxylation sites is 2. The minimum atomic E-state index is -0.646. The van der Waals surface area contributed by atoms with Gasteiger partial charge in [0.25, 0.3) is 0 Å². The summed E-state index contributed by atoms with van der Waals surface area (Å²) in [6.07, 6.45) is -0.646. The maximum Gasteiger partial charge on any atom is 0.187 e. The van der Waals surface area contributed by atoms with E-state index in [1.165, 1.54) is 11.3 Å². The van der Waals surface area contributed by atoms with E-state index in [1.807, 2.05) is 73.0 Å². The topological polar surface area (TPSA) is 66.4 Å². The number of hydrogen-bond donors (Lipinski definition) is 3. The van der Waals surface area contributed by atoms with E-state index in [-0.39, 0.29) is 6.61 Å². The summed E-state index contributed by atoms with van der Waals surface area (Å²) in [6.45, 7) is 6.71. The molecule has 0 fully saturated rings. The molecule has 0 saturated heterocycles. The van der Waals surface area contributed by atoms with Crippen molar-refractivity contribution in [1.29, 1.82) is 0 Å². The minimum absolute atomic E-state index is 0.213. The van der Waals surface area contributed by atoms with Gasteiger partial charge in [0.1, 0.15) is 18.5 Å². The third kappa shape index (κ3) is 5.79. The highest BCUT2D eigenvalue weighted by Gasteiger charge is 2.24. The first kappa shape index (κ1) is 19.4. The standard InChI is InChI=1S/C21H24N3O2S/c1-21(2,22-13-17(25)14-26-18-11-7-4-8-12-18)19-15-27-20(24-19)23-16-9-5-3-6-10-16/h3-12,15,17,22,25H,1,13-14H2,2H3,(H,23,24)/t17-,21-/m0/s1. The van der Waals surface area contributed by atoms with Crippen LogP contribution >= 0.6 is 11.3 Å². The number of rotatable bonds is 9. The van der Waals surface area contributed by atoms with Gasteiger partial charge in [0.2, 0.25) is 0 Å². The molecule has 3 N–H and O–H groups in total. The predicted octanol–water partition coefficient (Wildman–Crippen LogP) is 3.97. The van der Waals surface area contributed by atoms with Gasteiger partial charge in [-0.2, -0.15) is 0 Å². The van der Waals surface area contributed by atoms with Crippen molar-refractivity contribution in [1.82, 2.24) is 10.3 Å². The van der Waals surface area contributed by atoms with Gasteiger partial charge >= 0.3 is 0 Å². The van der Waals surface area contributed by atoms with Gasteiger partial charge in [0.15, 0.2) is 5.13 Å². The Hall–Kier alpha value is -2.41. The molecule has 1 heterocycles. The Labute approximate surface area is 164 Å². The Balaban J connectivity index is 1.50. The summed E-state index contributed by atoms with van der Waals surface area (Å²) in [7, 11) is 0. The lowest BCUT2D eigenvalue weighted by atomic mass is 10.0. The molecule has 6 heteroatoms. The first-order valence-electron chi connectivity index (χ1n) is 8.77. The van der Waals surface area contributed by atoms with Crippen molar-refractivity contribution in [3.63, 3.8) is 0 Å². The average molecular weight is 383 g/mol. The van der Waals surface area contributed by atoms with Gasteiger partial charge in [0, 0.05) is 17.6 Å². The molecule has 0 bridgehead atoms. The van der Waals surface area contributed by atoms with Gasteiger partial charge in [-0.1, -0.05) is 36.4 Å².